The summed E-state index contributed by atoms with van der Waals surface area (Å²) in [6.07, 6.45) is 26.3. The summed E-state index contributed by atoms with van der Waals surface area (Å²) in [4.78, 5) is 8.43. The second kappa shape index (κ2) is 45.4. The summed E-state index contributed by atoms with van der Waals surface area (Å²) in [5, 5.41) is 2.03. The summed E-state index contributed by atoms with van der Waals surface area (Å²) < 4.78 is 124. The quantitative estimate of drug-likeness (QED) is 0.0349. The molecule has 12 rings (SSSR count). The fraction of sp³-hybridized carbons (Fsp3) is 0.607. The molecule has 20 heteroatoms. The molecule has 0 aliphatic heterocycles. The van der Waals surface area contributed by atoms with Crippen LogP contribution in [0.2, 0.25) is 0 Å². The van der Waals surface area contributed by atoms with Gasteiger partial charge in [-0.1, -0.05) is 308 Å². The number of nitrogens with zero attached hydrogens (tertiary/aromatic N) is 4. The Bertz CT molecular complexity index is 5690. The van der Waals surface area contributed by atoms with Gasteiger partial charge in [0.2, 0.25) is 0 Å². The van der Waals surface area contributed by atoms with E-state index in [9.17, 15) is 0 Å². The predicted octanol–water partition coefficient (Wildman–Crippen LogP) is 38.7. The van der Waals surface area contributed by atoms with Crippen LogP contribution in [-0.2, 0) is 34.5 Å². The number of rotatable bonds is 51. The van der Waals surface area contributed by atoms with Gasteiger partial charge in [-0.15, -0.1) is 68.0 Å². The van der Waals surface area contributed by atoms with Gasteiger partial charge in [-0.3, -0.25) is 0 Å². The van der Waals surface area contributed by atoms with E-state index in [4.69, 9.17) is 36.4 Å². The minimum Gasteiger partial charge on any atom is -0.489 e. The summed E-state index contributed by atoms with van der Waals surface area (Å²) in [6, 6.07) is 19.1. The molecular weight excluding hydrogens is 1800 g/mol. The number of unbranched alkanes of at least 4 members (excludes halogenated alkanes) is 6. The van der Waals surface area contributed by atoms with E-state index in [1.54, 1.807) is 34.0 Å². The van der Waals surface area contributed by atoms with Crippen LogP contribution < -0.4 is 18.9 Å². The smallest absolute Gasteiger partial charge is 0.172 e. The molecule has 0 aliphatic carbocycles. The number of fused-ring (bicyclic) bond motifs is 4. The zero-order chi connectivity index (χ0) is 95.7. The number of benzene rings is 4. The van der Waals surface area contributed by atoms with Gasteiger partial charge in [0, 0.05) is 124 Å². The molecule has 6 atom stereocenters. The third-order valence-electron chi connectivity index (χ3n) is 30.9. The van der Waals surface area contributed by atoms with Gasteiger partial charge in [-0.05, 0) is 146 Å². The van der Waals surface area contributed by atoms with Gasteiger partial charge in [0.15, 0.2) is 23.0 Å². The van der Waals surface area contributed by atoms with E-state index in [1.807, 2.05) is 41.7 Å². The zero-order valence-electron chi connectivity index (χ0n) is 84.7. The minimum absolute atomic E-state index is 0.139. The molecule has 0 saturated heterocycles. The van der Waals surface area contributed by atoms with Crippen LogP contribution in [0.4, 0.5) is 17.6 Å². The molecular formula is C112H154F4N4O4S8. The Kier molecular flexibility index (Phi) is 36.1. The fourth-order valence-electron chi connectivity index (χ4n) is 18.6. The standard InChI is InChI=1S/C112H154F4N4O4S8/c1-27-39-45-67(33-7)55-84-79(115)61-87(126-84)91-75-59-86(129-105(75)92(76-60-90(130-106(76)91)109(19,20)107(13,14)15)88-62-80(116)85(127-88)56-68(34-8)46-40-28-2)94-98-100(120-132-118-98)96(104(124-66-72(38-12)50-44-32-6)102(94)122-64-70(36-10)48-42-30-4)112(25,26)110(21,22)89-54-53-82(128-89)74-58-77(113)73(57-78(74)114)81-51-52-83(125-81)93-97-99(119-131-117-97)95(111(23,24)108(16,17)18)103(123-65-71(37-11)49-43-31-5)101(93)121-63-69(35-9)47-41-29-3/h51-54,57-62,67-72H,27-50,55-56,63-66H2,1-26H3. The second-order valence-corrected chi connectivity index (χ2v) is 49.9. The molecule has 8 aromatic heterocycles. The van der Waals surface area contributed by atoms with Gasteiger partial charge in [0.25, 0.3) is 0 Å². The molecule has 0 bridgehead atoms. The van der Waals surface area contributed by atoms with E-state index in [-0.39, 0.29) is 50.8 Å². The Balaban J connectivity index is 1.04. The van der Waals surface area contributed by atoms with Crippen molar-refractivity contribution >= 4 is 134 Å². The molecule has 0 fully saturated rings. The lowest BCUT2D eigenvalue weighted by atomic mass is 9.62. The molecule has 0 radical (unpaired) electrons. The van der Waals surface area contributed by atoms with Crippen molar-refractivity contribution in [2.24, 2.45) is 46.3 Å². The van der Waals surface area contributed by atoms with Crippen LogP contribution in [0.3, 0.4) is 0 Å². The van der Waals surface area contributed by atoms with Crippen LogP contribution in [0.5, 0.6) is 23.0 Å². The first-order chi connectivity index (χ1) is 62.9. The number of hydrogen-bond donors (Lipinski definition) is 0. The molecule has 4 aromatic carbocycles. The minimum atomic E-state index is -0.844. The maximum absolute atomic E-state index is 17.9. The van der Waals surface area contributed by atoms with Crippen LogP contribution >= 0.6 is 91.5 Å². The van der Waals surface area contributed by atoms with Crippen LogP contribution in [0, 0.1) is 69.6 Å². The molecule has 0 spiro atoms. The number of ether oxygens (including phenoxy) is 4. The number of halogens is 4. The van der Waals surface area contributed by atoms with E-state index in [0.717, 1.165) is 253 Å². The largest absolute Gasteiger partial charge is 0.489 e. The van der Waals surface area contributed by atoms with Gasteiger partial charge in [0.1, 0.15) is 45.3 Å². The Hall–Kier alpha value is -5.84. The van der Waals surface area contributed by atoms with E-state index in [2.05, 4.69) is 198 Å². The maximum Gasteiger partial charge on any atom is 0.172 e. The molecule has 0 amide bonds. The van der Waals surface area contributed by atoms with Crippen molar-refractivity contribution in [2.45, 2.75) is 369 Å². The lowest BCUT2D eigenvalue weighted by Gasteiger charge is -2.43. The monoisotopic (exact) mass is 1950 g/mol. The topological polar surface area (TPSA) is 88.5 Å². The van der Waals surface area contributed by atoms with Crippen LogP contribution in [0.15, 0.2) is 60.7 Å². The van der Waals surface area contributed by atoms with Crippen molar-refractivity contribution in [2.75, 3.05) is 26.4 Å². The number of thiophene rings is 6. The predicted molar refractivity (Wildman–Crippen MR) is 570 cm³/mol. The van der Waals surface area contributed by atoms with Crippen molar-refractivity contribution in [3.8, 4) is 85.6 Å². The van der Waals surface area contributed by atoms with E-state index >= 15 is 17.6 Å². The number of hydrogen-bond acceptors (Lipinski definition) is 16. The highest BCUT2D eigenvalue weighted by Crippen LogP contribution is 2.63. The first-order valence-electron chi connectivity index (χ1n) is 50.4. The Morgan fingerprint density at radius 1 is 0.295 bits per heavy atom. The molecule has 722 valence electrons. The van der Waals surface area contributed by atoms with Crippen LogP contribution in [-0.4, -0.2) is 43.9 Å². The molecule has 8 nitrogen and oxygen atoms in total. The summed E-state index contributed by atoms with van der Waals surface area (Å²) in [6.45, 7) is 60.9. The molecule has 0 N–H and O–H groups in total. The van der Waals surface area contributed by atoms with Crippen molar-refractivity contribution in [3.05, 3.63) is 115 Å². The summed E-state index contributed by atoms with van der Waals surface area (Å²) in [5.74, 6) is 3.01. The number of aromatic nitrogens is 4. The highest BCUT2D eigenvalue weighted by molar-refractivity contribution is 7.25. The van der Waals surface area contributed by atoms with Crippen molar-refractivity contribution in [3.63, 3.8) is 0 Å². The Morgan fingerprint density at radius 3 is 1.04 bits per heavy atom. The third kappa shape index (κ3) is 22.2. The summed E-state index contributed by atoms with van der Waals surface area (Å²) >= 11 is 12.0. The summed E-state index contributed by atoms with van der Waals surface area (Å²) in [5.41, 5.74) is 5.95. The molecule has 12 aromatic rings. The van der Waals surface area contributed by atoms with Gasteiger partial charge in [-0.25, -0.2) is 17.6 Å². The zero-order valence-corrected chi connectivity index (χ0v) is 91.2. The van der Waals surface area contributed by atoms with Crippen LogP contribution in [0.25, 0.3) is 105 Å². The van der Waals surface area contributed by atoms with E-state index in [1.165, 1.54) is 63.1 Å². The molecule has 6 unspecified atom stereocenters. The Labute approximate surface area is 822 Å². The van der Waals surface area contributed by atoms with E-state index < -0.39 is 27.9 Å². The lowest BCUT2D eigenvalue weighted by molar-refractivity contribution is 0.183. The molecule has 8 heterocycles. The van der Waals surface area contributed by atoms with Gasteiger partial charge >= 0.3 is 0 Å². The average molecular weight is 1950 g/mol. The van der Waals surface area contributed by atoms with Crippen molar-refractivity contribution in [1.82, 2.24) is 17.5 Å². The molecule has 0 saturated carbocycles. The van der Waals surface area contributed by atoms with E-state index in [0.29, 0.717) is 107 Å². The fourth-order valence-corrected chi connectivity index (χ4v) is 27.5. The first kappa shape index (κ1) is 105. The normalized spacial score (nSPS) is 14.3. The second-order valence-electron chi connectivity index (χ2n) is 42.3. The van der Waals surface area contributed by atoms with Gasteiger partial charge in [0.05, 0.1) is 61.0 Å². The highest BCUT2D eigenvalue weighted by atomic mass is 32.1. The highest BCUT2D eigenvalue weighted by Gasteiger charge is 2.48. The average Bonchev–Trinajstić information content (AvgIpc) is 1.55. The molecule has 0 aliphatic rings. The lowest BCUT2D eigenvalue weighted by Crippen LogP contribution is -2.40. The van der Waals surface area contributed by atoms with Gasteiger partial charge in [-0.2, -0.15) is 17.5 Å². The van der Waals surface area contributed by atoms with Crippen molar-refractivity contribution in [1.29, 1.82) is 0 Å². The summed E-state index contributed by atoms with van der Waals surface area (Å²) in [7, 11) is 0. The first-order valence-corrected chi connectivity index (χ1v) is 56.7. The maximum atomic E-state index is 17.9. The van der Waals surface area contributed by atoms with Crippen molar-refractivity contribution < 1.29 is 36.5 Å². The van der Waals surface area contributed by atoms with Gasteiger partial charge < -0.3 is 18.9 Å². The SMILES string of the molecule is CCCCC(CC)COc1c(OCC(CC)CCCC)c(C(C)(C)C(C)(C)C)c2nsnc2c1-c1ccc(-c2cc(F)c(-c3ccc(C(C)(C)C(C)(C)c4c(OCC(CC)CCCC)c(OCC(CC)CCCC)c(-c5cc6c(-c7cc(F)c(CC(CC)CCCC)s7)c7sc(C(C)(C)C(C)(C)C)cc7c(-c7cc(F)c(CC(CC)CCCC)s7)c6s5)c5nsnc45)s3)cc2F)s1. The Morgan fingerprint density at radius 2 is 0.636 bits per heavy atom. The van der Waals surface area contributed by atoms with Crippen LogP contribution in [0.1, 0.15) is 365 Å². The third-order valence-corrected chi connectivity index (χ3v) is 39.4. The molecule has 132 heavy (non-hydrogen) atoms.